The number of para-hydroxylation sites is 1. The number of piperazine rings is 1. The summed E-state index contributed by atoms with van der Waals surface area (Å²) in [7, 11) is 0. The number of amides is 2. The Morgan fingerprint density at radius 1 is 1.24 bits per heavy atom. The van der Waals surface area contributed by atoms with Gasteiger partial charge in [0, 0.05) is 56.6 Å². The van der Waals surface area contributed by atoms with Crippen molar-refractivity contribution in [2.75, 3.05) is 38.1 Å². The molecule has 0 bridgehead atoms. The van der Waals surface area contributed by atoms with Crippen molar-refractivity contribution >= 4 is 11.7 Å². The van der Waals surface area contributed by atoms with Crippen LogP contribution in [0.5, 0.6) is 0 Å². The lowest BCUT2D eigenvalue weighted by atomic mass is 10.2. The Labute approximate surface area is 147 Å². The molecule has 1 aromatic heterocycles. The number of anilines is 1. The van der Waals surface area contributed by atoms with Crippen LogP contribution in [0.4, 0.5) is 10.5 Å². The number of rotatable bonds is 6. The summed E-state index contributed by atoms with van der Waals surface area (Å²) in [4.78, 5) is 16.7. The van der Waals surface area contributed by atoms with Crippen molar-refractivity contribution in [2.45, 2.75) is 20.1 Å². The highest BCUT2D eigenvalue weighted by Gasteiger charge is 2.22. The number of urea groups is 1. The Hall–Kier alpha value is -2.38. The van der Waals surface area contributed by atoms with Crippen LogP contribution in [-0.2, 0) is 17.9 Å². The largest absolute Gasteiger partial charge is 0.377 e. The minimum atomic E-state index is -0.0648. The van der Waals surface area contributed by atoms with E-state index >= 15 is 0 Å². The fourth-order valence-corrected chi connectivity index (χ4v) is 2.83. The lowest BCUT2D eigenvalue weighted by Gasteiger charge is -2.34. The molecule has 0 radical (unpaired) electrons. The van der Waals surface area contributed by atoms with Crippen molar-refractivity contribution in [3.8, 4) is 0 Å². The van der Waals surface area contributed by atoms with E-state index in [2.05, 4.69) is 15.4 Å². The maximum Gasteiger partial charge on any atom is 0.321 e. The second kappa shape index (κ2) is 8.64. The van der Waals surface area contributed by atoms with Crippen LogP contribution >= 0.6 is 0 Å². The van der Waals surface area contributed by atoms with E-state index < -0.39 is 0 Å². The van der Waals surface area contributed by atoms with Crippen LogP contribution in [-0.4, -0.2) is 53.8 Å². The molecule has 2 heterocycles. The molecule has 3 rings (SSSR count). The molecule has 25 heavy (non-hydrogen) atoms. The molecule has 2 amide bonds. The zero-order valence-corrected chi connectivity index (χ0v) is 14.5. The third-order valence-corrected chi connectivity index (χ3v) is 4.26. The molecule has 134 valence electrons. The van der Waals surface area contributed by atoms with Crippen LogP contribution in [0.2, 0.25) is 0 Å². The number of carbonyl (C=O) groups excluding carboxylic acids is 1. The van der Waals surface area contributed by atoms with Gasteiger partial charge in [-0.05, 0) is 13.0 Å². The van der Waals surface area contributed by atoms with Crippen molar-refractivity contribution < 1.29 is 14.1 Å². The normalized spacial score (nSPS) is 15.3. The standard InChI is InChI=1S/C18H24N4O3/c1-2-24-14-15-5-3-4-6-17(15)19-18(23)22-10-8-21(9-11-22)13-16-7-12-25-20-16/h3-7,12H,2,8-11,13-14H2,1H3,(H,19,23). The molecule has 0 saturated carbocycles. The van der Waals surface area contributed by atoms with E-state index in [-0.39, 0.29) is 6.03 Å². The summed E-state index contributed by atoms with van der Waals surface area (Å²) >= 11 is 0. The average Bonchev–Trinajstić information content (AvgIpc) is 3.14. The fourth-order valence-electron chi connectivity index (χ4n) is 2.83. The van der Waals surface area contributed by atoms with Crippen LogP contribution in [0.25, 0.3) is 0 Å². The predicted molar refractivity (Wildman–Crippen MR) is 94.1 cm³/mol. The summed E-state index contributed by atoms with van der Waals surface area (Å²) in [5.41, 5.74) is 2.72. The smallest absolute Gasteiger partial charge is 0.321 e. The number of nitrogens with zero attached hydrogens (tertiary/aromatic N) is 3. The number of hydrogen-bond donors (Lipinski definition) is 1. The van der Waals surface area contributed by atoms with E-state index in [0.29, 0.717) is 26.3 Å². The summed E-state index contributed by atoms with van der Waals surface area (Å²) in [5, 5.41) is 6.94. The number of nitrogens with one attached hydrogen (secondary N) is 1. The first kappa shape index (κ1) is 17.4. The molecule has 1 aliphatic rings. The van der Waals surface area contributed by atoms with E-state index in [1.807, 2.05) is 42.2 Å². The molecule has 0 aliphatic carbocycles. The molecule has 1 fully saturated rings. The molecule has 7 heteroatoms. The fraction of sp³-hybridized carbons (Fsp3) is 0.444. The van der Waals surface area contributed by atoms with Gasteiger partial charge in [0.2, 0.25) is 0 Å². The maximum absolute atomic E-state index is 12.5. The van der Waals surface area contributed by atoms with E-state index in [0.717, 1.165) is 36.6 Å². The predicted octanol–water partition coefficient (Wildman–Crippen LogP) is 2.56. The third-order valence-electron chi connectivity index (χ3n) is 4.26. The van der Waals surface area contributed by atoms with Crippen molar-refractivity contribution in [1.82, 2.24) is 15.0 Å². The lowest BCUT2D eigenvalue weighted by Crippen LogP contribution is -2.49. The van der Waals surface area contributed by atoms with Gasteiger partial charge in [-0.1, -0.05) is 23.4 Å². The minimum absolute atomic E-state index is 0.0648. The number of hydrogen-bond acceptors (Lipinski definition) is 5. The maximum atomic E-state index is 12.5. The Morgan fingerprint density at radius 2 is 2.04 bits per heavy atom. The zero-order chi connectivity index (χ0) is 17.5. The molecule has 0 unspecified atom stereocenters. The zero-order valence-electron chi connectivity index (χ0n) is 14.5. The van der Waals surface area contributed by atoms with Crippen LogP contribution in [0.3, 0.4) is 0 Å². The molecule has 1 N–H and O–H groups in total. The topological polar surface area (TPSA) is 70.8 Å². The highest BCUT2D eigenvalue weighted by atomic mass is 16.5. The first-order valence-corrected chi connectivity index (χ1v) is 8.59. The van der Waals surface area contributed by atoms with Crippen LogP contribution in [0.15, 0.2) is 41.1 Å². The van der Waals surface area contributed by atoms with E-state index in [1.165, 1.54) is 0 Å². The van der Waals surface area contributed by atoms with E-state index in [1.54, 1.807) is 6.26 Å². The first-order valence-electron chi connectivity index (χ1n) is 8.59. The van der Waals surface area contributed by atoms with Gasteiger partial charge in [-0.3, -0.25) is 4.90 Å². The molecule has 7 nitrogen and oxygen atoms in total. The number of aromatic nitrogens is 1. The van der Waals surface area contributed by atoms with Gasteiger partial charge in [0.25, 0.3) is 0 Å². The quantitative estimate of drug-likeness (QED) is 0.872. The van der Waals surface area contributed by atoms with Crippen molar-refractivity contribution in [1.29, 1.82) is 0 Å². The summed E-state index contributed by atoms with van der Waals surface area (Å²) < 4.78 is 10.3. The summed E-state index contributed by atoms with van der Waals surface area (Å²) in [5.74, 6) is 0. The van der Waals surface area contributed by atoms with Crippen molar-refractivity contribution in [2.24, 2.45) is 0 Å². The van der Waals surface area contributed by atoms with Gasteiger partial charge in [-0.15, -0.1) is 0 Å². The SMILES string of the molecule is CCOCc1ccccc1NC(=O)N1CCN(Cc2ccon2)CC1. The Balaban J connectivity index is 1.51. The molecule has 1 saturated heterocycles. The van der Waals surface area contributed by atoms with Gasteiger partial charge >= 0.3 is 6.03 Å². The molecule has 2 aromatic rings. The molecular weight excluding hydrogens is 320 g/mol. The molecule has 0 atom stereocenters. The highest BCUT2D eigenvalue weighted by Crippen LogP contribution is 2.17. The van der Waals surface area contributed by atoms with Gasteiger partial charge in [-0.25, -0.2) is 4.79 Å². The van der Waals surface area contributed by atoms with Crippen LogP contribution in [0.1, 0.15) is 18.2 Å². The average molecular weight is 344 g/mol. The number of carbonyl (C=O) groups is 1. The lowest BCUT2D eigenvalue weighted by molar-refractivity contribution is 0.134. The number of ether oxygens (including phenoxy) is 1. The summed E-state index contributed by atoms with van der Waals surface area (Å²) in [6, 6.07) is 9.56. The van der Waals surface area contributed by atoms with Gasteiger partial charge < -0.3 is 19.5 Å². The van der Waals surface area contributed by atoms with Crippen LogP contribution in [0, 0.1) is 0 Å². The van der Waals surface area contributed by atoms with E-state index in [4.69, 9.17) is 9.26 Å². The summed E-state index contributed by atoms with van der Waals surface area (Å²) in [6.45, 7) is 6.88. The van der Waals surface area contributed by atoms with Gasteiger partial charge in [-0.2, -0.15) is 0 Å². The van der Waals surface area contributed by atoms with Gasteiger partial charge in [0.15, 0.2) is 0 Å². The molecule has 1 aromatic carbocycles. The van der Waals surface area contributed by atoms with Crippen molar-refractivity contribution in [3.05, 3.63) is 47.9 Å². The van der Waals surface area contributed by atoms with Gasteiger partial charge in [0.1, 0.15) is 6.26 Å². The second-order valence-electron chi connectivity index (χ2n) is 5.98. The van der Waals surface area contributed by atoms with Crippen LogP contribution < -0.4 is 5.32 Å². The second-order valence-corrected chi connectivity index (χ2v) is 5.98. The van der Waals surface area contributed by atoms with Crippen molar-refractivity contribution in [3.63, 3.8) is 0 Å². The Bertz CT molecular complexity index is 667. The Morgan fingerprint density at radius 3 is 2.76 bits per heavy atom. The monoisotopic (exact) mass is 344 g/mol. The summed E-state index contributed by atoms with van der Waals surface area (Å²) in [6.07, 6.45) is 1.58. The van der Waals surface area contributed by atoms with E-state index in [9.17, 15) is 4.79 Å². The third kappa shape index (κ3) is 4.80. The number of benzene rings is 1. The minimum Gasteiger partial charge on any atom is -0.377 e. The van der Waals surface area contributed by atoms with Gasteiger partial charge in [0.05, 0.1) is 12.3 Å². The highest BCUT2D eigenvalue weighted by molar-refractivity contribution is 5.90. The Kier molecular flexibility index (Phi) is 6.03. The molecular formula is C18H24N4O3. The first-order chi connectivity index (χ1) is 12.3. The molecule has 1 aliphatic heterocycles. The molecule has 0 spiro atoms.